The SMILES string of the molecule is COc1ccc(OCC2CCCN(C(c3ccccc3)C3CCC3)C2)cc1. The van der Waals surface area contributed by atoms with E-state index in [2.05, 4.69) is 35.2 Å². The molecule has 2 aromatic rings. The monoisotopic (exact) mass is 365 g/mol. The lowest BCUT2D eigenvalue weighted by Gasteiger charge is -2.45. The van der Waals surface area contributed by atoms with Crippen molar-refractivity contribution in [1.29, 1.82) is 0 Å². The highest BCUT2D eigenvalue weighted by atomic mass is 16.5. The zero-order valence-corrected chi connectivity index (χ0v) is 16.3. The normalized spacial score (nSPS) is 22.0. The largest absolute Gasteiger partial charge is 0.497 e. The van der Waals surface area contributed by atoms with Gasteiger partial charge in [0.15, 0.2) is 0 Å². The minimum Gasteiger partial charge on any atom is -0.497 e. The Morgan fingerprint density at radius 1 is 0.926 bits per heavy atom. The summed E-state index contributed by atoms with van der Waals surface area (Å²) in [4.78, 5) is 2.74. The maximum atomic E-state index is 6.10. The van der Waals surface area contributed by atoms with Crippen LogP contribution in [0, 0.1) is 11.8 Å². The van der Waals surface area contributed by atoms with Crippen molar-refractivity contribution in [3.05, 3.63) is 60.2 Å². The summed E-state index contributed by atoms with van der Waals surface area (Å²) in [6, 6.07) is 19.7. The first-order valence-corrected chi connectivity index (χ1v) is 10.4. The minimum atomic E-state index is 0.587. The van der Waals surface area contributed by atoms with Crippen LogP contribution in [-0.4, -0.2) is 31.7 Å². The van der Waals surface area contributed by atoms with Crippen molar-refractivity contribution in [2.45, 2.75) is 38.1 Å². The van der Waals surface area contributed by atoms with E-state index in [1.165, 1.54) is 44.2 Å². The van der Waals surface area contributed by atoms with Crippen LogP contribution < -0.4 is 9.47 Å². The second kappa shape index (κ2) is 8.79. The molecule has 27 heavy (non-hydrogen) atoms. The van der Waals surface area contributed by atoms with Gasteiger partial charge in [0, 0.05) is 18.5 Å². The molecule has 2 atom stereocenters. The number of piperidine rings is 1. The van der Waals surface area contributed by atoms with E-state index < -0.39 is 0 Å². The molecule has 0 bridgehead atoms. The number of benzene rings is 2. The van der Waals surface area contributed by atoms with Crippen LogP contribution in [0.4, 0.5) is 0 Å². The molecule has 0 amide bonds. The van der Waals surface area contributed by atoms with Crippen molar-refractivity contribution in [2.24, 2.45) is 11.8 Å². The highest BCUT2D eigenvalue weighted by Crippen LogP contribution is 2.42. The molecule has 0 aromatic heterocycles. The quantitative estimate of drug-likeness (QED) is 0.662. The molecule has 2 aromatic carbocycles. The average Bonchev–Trinajstić information content (AvgIpc) is 2.70. The van der Waals surface area contributed by atoms with E-state index in [4.69, 9.17) is 9.47 Å². The van der Waals surface area contributed by atoms with Crippen molar-refractivity contribution in [3.8, 4) is 11.5 Å². The van der Waals surface area contributed by atoms with Crippen LogP contribution in [0.15, 0.2) is 54.6 Å². The Kier molecular flexibility index (Phi) is 5.98. The number of ether oxygens (including phenoxy) is 2. The highest BCUT2D eigenvalue weighted by Gasteiger charge is 2.35. The zero-order chi connectivity index (χ0) is 18.5. The van der Waals surface area contributed by atoms with Gasteiger partial charge in [-0.05, 0) is 68.0 Å². The number of hydrogen-bond donors (Lipinski definition) is 0. The second-order valence-electron chi connectivity index (χ2n) is 8.04. The molecule has 1 heterocycles. The standard InChI is InChI=1S/C24H31NO2/c1-26-22-12-14-23(15-13-22)27-18-19-7-6-16-25(17-19)24(21-10-5-11-21)20-8-3-2-4-9-20/h2-4,8-9,12-15,19,21,24H,5-7,10-11,16-18H2,1H3. The molecule has 3 nitrogen and oxygen atoms in total. The van der Waals surface area contributed by atoms with Crippen LogP contribution >= 0.6 is 0 Å². The first-order chi connectivity index (χ1) is 13.3. The molecular weight excluding hydrogens is 334 g/mol. The third kappa shape index (κ3) is 4.47. The van der Waals surface area contributed by atoms with Crippen LogP contribution in [0.5, 0.6) is 11.5 Å². The van der Waals surface area contributed by atoms with Gasteiger partial charge in [-0.3, -0.25) is 4.90 Å². The molecule has 2 fully saturated rings. The number of methoxy groups -OCH3 is 1. The molecule has 0 N–H and O–H groups in total. The number of rotatable bonds is 7. The number of hydrogen-bond acceptors (Lipinski definition) is 3. The topological polar surface area (TPSA) is 21.7 Å². The summed E-state index contributed by atoms with van der Waals surface area (Å²) < 4.78 is 11.3. The van der Waals surface area contributed by atoms with Crippen LogP contribution in [0.3, 0.4) is 0 Å². The predicted octanol–water partition coefficient (Wildman–Crippen LogP) is 5.33. The molecule has 2 unspecified atom stereocenters. The fourth-order valence-corrected chi connectivity index (χ4v) is 4.56. The molecule has 1 saturated carbocycles. The molecule has 3 heteroatoms. The molecule has 1 saturated heterocycles. The Morgan fingerprint density at radius 3 is 2.33 bits per heavy atom. The van der Waals surface area contributed by atoms with Gasteiger partial charge in [-0.2, -0.15) is 0 Å². The third-order valence-electron chi connectivity index (χ3n) is 6.23. The second-order valence-corrected chi connectivity index (χ2v) is 8.04. The van der Waals surface area contributed by atoms with E-state index in [1.54, 1.807) is 7.11 Å². The van der Waals surface area contributed by atoms with Crippen molar-refractivity contribution < 1.29 is 9.47 Å². The lowest BCUT2D eigenvalue weighted by Crippen LogP contribution is -2.43. The average molecular weight is 366 g/mol. The van der Waals surface area contributed by atoms with Gasteiger partial charge >= 0.3 is 0 Å². The summed E-state index contributed by atoms with van der Waals surface area (Å²) in [5.41, 5.74) is 1.50. The Bertz CT molecular complexity index is 696. The molecule has 0 spiro atoms. The molecule has 1 aliphatic heterocycles. The summed E-state index contributed by atoms with van der Waals surface area (Å²) in [5, 5.41) is 0. The van der Waals surface area contributed by atoms with Crippen LogP contribution in [0.1, 0.15) is 43.7 Å². The van der Waals surface area contributed by atoms with Crippen molar-refractivity contribution in [2.75, 3.05) is 26.8 Å². The summed E-state index contributed by atoms with van der Waals surface area (Å²) in [6.07, 6.45) is 6.68. The van der Waals surface area contributed by atoms with Crippen molar-refractivity contribution >= 4 is 0 Å². The number of likely N-dealkylation sites (tertiary alicyclic amines) is 1. The first kappa shape index (κ1) is 18.4. The smallest absolute Gasteiger partial charge is 0.119 e. The van der Waals surface area contributed by atoms with Gasteiger partial charge in [0.05, 0.1) is 13.7 Å². The van der Waals surface area contributed by atoms with E-state index in [0.29, 0.717) is 12.0 Å². The van der Waals surface area contributed by atoms with Gasteiger partial charge in [-0.1, -0.05) is 36.8 Å². The molecule has 1 aliphatic carbocycles. The molecule has 144 valence electrons. The van der Waals surface area contributed by atoms with E-state index in [1.807, 2.05) is 24.3 Å². The molecule has 4 rings (SSSR count). The summed E-state index contributed by atoms with van der Waals surface area (Å²) in [6.45, 7) is 3.16. The van der Waals surface area contributed by atoms with Gasteiger partial charge < -0.3 is 9.47 Å². The summed E-state index contributed by atoms with van der Waals surface area (Å²) >= 11 is 0. The Labute approximate surface area is 163 Å². The van der Waals surface area contributed by atoms with Gasteiger partial charge in [0.2, 0.25) is 0 Å². The predicted molar refractivity (Wildman–Crippen MR) is 109 cm³/mol. The Balaban J connectivity index is 1.38. The van der Waals surface area contributed by atoms with E-state index >= 15 is 0 Å². The summed E-state index contributed by atoms with van der Waals surface area (Å²) in [5.74, 6) is 3.24. The lowest BCUT2D eigenvalue weighted by molar-refractivity contribution is 0.0436. The maximum absolute atomic E-state index is 6.10. The van der Waals surface area contributed by atoms with Crippen LogP contribution in [0.25, 0.3) is 0 Å². The van der Waals surface area contributed by atoms with Crippen LogP contribution in [-0.2, 0) is 0 Å². The maximum Gasteiger partial charge on any atom is 0.119 e. The fraction of sp³-hybridized carbons (Fsp3) is 0.500. The lowest BCUT2D eigenvalue weighted by atomic mass is 9.75. The zero-order valence-electron chi connectivity index (χ0n) is 16.3. The minimum absolute atomic E-state index is 0.587. The van der Waals surface area contributed by atoms with Gasteiger partial charge in [0.1, 0.15) is 11.5 Å². The van der Waals surface area contributed by atoms with E-state index in [-0.39, 0.29) is 0 Å². The summed E-state index contributed by atoms with van der Waals surface area (Å²) in [7, 11) is 1.69. The van der Waals surface area contributed by atoms with Crippen molar-refractivity contribution in [3.63, 3.8) is 0 Å². The fourth-order valence-electron chi connectivity index (χ4n) is 4.56. The van der Waals surface area contributed by atoms with Gasteiger partial charge in [0.25, 0.3) is 0 Å². The molecule has 0 radical (unpaired) electrons. The molecule has 2 aliphatic rings. The van der Waals surface area contributed by atoms with E-state index in [9.17, 15) is 0 Å². The third-order valence-corrected chi connectivity index (χ3v) is 6.23. The van der Waals surface area contributed by atoms with Gasteiger partial charge in [-0.15, -0.1) is 0 Å². The van der Waals surface area contributed by atoms with Crippen LogP contribution in [0.2, 0.25) is 0 Å². The number of nitrogens with zero attached hydrogens (tertiary/aromatic N) is 1. The van der Waals surface area contributed by atoms with Crippen molar-refractivity contribution in [1.82, 2.24) is 4.90 Å². The van der Waals surface area contributed by atoms with E-state index in [0.717, 1.165) is 30.6 Å². The Hall–Kier alpha value is -2.00. The van der Waals surface area contributed by atoms with Gasteiger partial charge in [-0.25, -0.2) is 0 Å². The molecular formula is C24H31NO2. The Morgan fingerprint density at radius 2 is 1.67 bits per heavy atom. The first-order valence-electron chi connectivity index (χ1n) is 10.4. The highest BCUT2D eigenvalue weighted by molar-refractivity contribution is 5.31.